The summed E-state index contributed by atoms with van der Waals surface area (Å²) in [6, 6.07) is 0. The largest absolute Gasteiger partial charge is 0.444 e. The van der Waals surface area contributed by atoms with Crippen LogP contribution in [0.25, 0.3) is 0 Å². The van der Waals surface area contributed by atoms with Gasteiger partial charge in [-0.3, -0.25) is 0 Å². The second-order valence-electron chi connectivity index (χ2n) is 7.27. The summed E-state index contributed by atoms with van der Waals surface area (Å²) in [4.78, 5) is 13.9. The first-order chi connectivity index (χ1) is 8.57. The Morgan fingerprint density at radius 3 is 2.26 bits per heavy atom. The maximum absolute atomic E-state index is 12.1. The zero-order valence-electron chi connectivity index (χ0n) is 13.5. The monoisotopic (exact) mass is 270 g/mol. The molecule has 4 heteroatoms. The van der Waals surface area contributed by atoms with E-state index in [1.807, 2.05) is 32.7 Å². The van der Waals surface area contributed by atoms with Crippen molar-refractivity contribution in [3.05, 3.63) is 0 Å². The van der Waals surface area contributed by atoms with Gasteiger partial charge in [-0.05, 0) is 59.9 Å². The van der Waals surface area contributed by atoms with Crippen molar-refractivity contribution in [1.29, 1.82) is 0 Å². The summed E-state index contributed by atoms with van der Waals surface area (Å²) in [5.41, 5.74) is -0.305. The van der Waals surface area contributed by atoms with Crippen molar-refractivity contribution in [2.75, 3.05) is 20.1 Å². The third kappa shape index (κ3) is 4.37. The number of nitrogens with one attached hydrogen (secondary N) is 1. The molecule has 19 heavy (non-hydrogen) atoms. The molecule has 2 unspecified atom stereocenters. The number of ether oxygens (including phenoxy) is 1. The number of rotatable bonds is 2. The average molecular weight is 270 g/mol. The number of hydrogen-bond donors (Lipinski definition) is 1. The van der Waals surface area contributed by atoms with Gasteiger partial charge in [0.2, 0.25) is 0 Å². The van der Waals surface area contributed by atoms with Crippen LogP contribution in [0.1, 0.15) is 48.0 Å². The van der Waals surface area contributed by atoms with E-state index in [1.54, 1.807) is 0 Å². The number of nitrogens with zero attached hydrogens (tertiary/aromatic N) is 1. The Morgan fingerprint density at radius 2 is 1.84 bits per heavy atom. The van der Waals surface area contributed by atoms with Crippen LogP contribution in [-0.2, 0) is 4.74 Å². The third-order valence-corrected chi connectivity index (χ3v) is 4.13. The van der Waals surface area contributed by atoms with Crippen molar-refractivity contribution in [2.45, 2.75) is 59.1 Å². The third-order valence-electron chi connectivity index (χ3n) is 4.13. The van der Waals surface area contributed by atoms with Crippen LogP contribution in [0.5, 0.6) is 0 Å². The van der Waals surface area contributed by atoms with Crippen molar-refractivity contribution < 1.29 is 9.53 Å². The lowest BCUT2D eigenvalue weighted by Crippen LogP contribution is -2.54. The highest BCUT2D eigenvalue weighted by molar-refractivity contribution is 5.68. The van der Waals surface area contributed by atoms with Gasteiger partial charge in [0.1, 0.15) is 5.60 Å². The number of piperidine rings is 1. The van der Waals surface area contributed by atoms with E-state index in [4.69, 9.17) is 4.74 Å². The van der Waals surface area contributed by atoms with Crippen LogP contribution in [0.4, 0.5) is 4.79 Å². The summed E-state index contributed by atoms with van der Waals surface area (Å²) in [5, 5.41) is 3.39. The van der Waals surface area contributed by atoms with E-state index in [0.29, 0.717) is 11.8 Å². The Morgan fingerprint density at radius 1 is 1.26 bits per heavy atom. The molecule has 0 aromatic carbocycles. The minimum Gasteiger partial charge on any atom is -0.444 e. The fraction of sp³-hybridized carbons (Fsp3) is 0.933. The minimum atomic E-state index is -0.415. The summed E-state index contributed by atoms with van der Waals surface area (Å²) in [7, 11) is 2.01. The predicted octanol–water partition coefficient (Wildman–Crippen LogP) is 2.88. The van der Waals surface area contributed by atoms with E-state index in [-0.39, 0.29) is 11.6 Å². The zero-order valence-corrected chi connectivity index (χ0v) is 13.5. The van der Waals surface area contributed by atoms with E-state index in [1.165, 1.54) is 0 Å². The fourth-order valence-corrected chi connectivity index (χ4v) is 2.90. The number of hydrogen-bond acceptors (Lipinski definition) is 3. The molecule has 0 spiro atoms. The molecule has 112 valence electrons. The van der Waals surface area contributed by atoms with Gasteiger partial charge in [-0.25, -0.2) is 4.79 Å². The molecule has 2 atom stereocenters. The highest BCUT2D eigenvalue weighted by atomic mass is 16.6. The first-order valence-corrected chi connectivity index (χ1v) is 7.23. The molecular weight excluding hydrogens is 240 g/mol. The Kier molecular flexibility index (Phi) is 4.88. The maximum Gasteiger partial charge on any atom is 0.410 e. The van der Waals surface area contributed by atoms with Gasteiger partial charge < -0.3 is 15.0 Å². The zero-order chi connectivity index (χ0) is 14.8. The van der Waals surface area contributed by atoms with Gasteiger partial charge in [-0.1, -0.05) is 6.92 Å². The molecule has 1 saturated heterocycles. The molecule has 0 saturated carbocycles. The van der Waals surface area contributed by atoms with Gasteiger partial charge >= 0.3 is 6.09 Å². The van der Waals surface area contributed by atoms with Gasteiger partial charge in [0, 0.05) is 18.6 Å². The summed E-state index contributed by atoms with van der Waals surface area (Å²) < 4.78 is 5.44. The van der Waals surface area contributed by atoms with Crippen LogP contribution < -0.4 is 5.32 Å². The topological polar surface area (TPSA) is 41.6 Å². The molecule has 0 aliphatic carbocycles. The number of carbonyl (C=O) groups excluding carboxylic acids is 1. The van der Waals surface area contributed by atoms with Crippen LogP contribution in [-0.4, -0.2) is 42.3 Å². The van der Waals surface area contributed by atoms with E-state index in [0.717, 1.165) is 19.5 Å². The summed E-state index contributed by atoms with van der Waals surface area (Å²) in [6.45, 7) is 14.0. The Balaban J connectivity index is 2.61. The normalized spacial score (nSPS) is 25.3. The van der Waals surface area contributed by atoms with E-state index < -0.39 is 5.60 Å². The van der Waals surface area contributed by atoms with Crippen molar-refractivity contribution >= 4 is 6.09 Å². The van der Waals surface area contributed by atoms with Gasteiger partial charge in [0.05, 0.1) is 0 Å². The standard InChI is InChI=1S/C15H30N2O2/c1-11-10-17(13(18)19-14(2,3)4)9-8-12(11)15(5,6)16-7/h11-12,16H,8-10H2,1-7H3. The average Bonchev–Trinajstić information content (AvgIpc) is 2.26. The summed E-state index contributed by atoms with van der Waals surface area (Å²) in [6.07, 6.45) is 0.842. The molecule has 4 nitrogen and oxygen atoms in total. The molecule has 1 heterocycles. The lowest BCUT2D eigenvalue weighted by Gasteiger charge is -2.44. The highest BCUT2D eigenvalue weighted by Gasteiger charge is 2.38. The molecule has 1 fully saturated rings. The van der Waals surface area contributed by atoms with Crippen molar-refractivity contribution in [2.24, 2.45) is 11.8 Å². The molecular formula is C15H30N2O2. The lowest BCUT2D eigenvalue weighted by molar-refractivity contribution is 0.00448. The molecule has 1 N–H and O–H groups in total. The second-order valence-corrected chi connectivity index (χ2v) is 7.27. The van der Waals surface area contributed by atoms with Crippen LogP contribution in [0.3, 0.4) is 0 Å². The van der Waals surface area contributed by atoms with E-state index in [9.17, 15) is 4.79 Å². The number of carbonyl (C=O) groups is 1. The molecule has 0 aromatic heterocycles. The Bertz CT molecular complexity index is 321. The lowest BCUT2D eigenvalue weighted by atomic mass is 9.74. The highest BCUT2D eigenvalue weighted by Crippen LogP contribution is 2.32. The molecule has 0 radical (unpaired) electrons. The number of likely N-dealkylation sites (tertiary alicyclic amines) is 1. The smallest absolute Gasteiger partial charge is 0.410 e. The second kappa shape index (κ2) is 5.70. The fourth-order valence-electron chi connectivity index (χ4n) is 2.90. The molecule has 0 bridgehead atoms. The first kappa shape index (κ1) is 16.3. The predicted molar refractivity (Wildman–Crippen MR) is 78.2 cm³/mol. The van der Waals surface area contributed by atoms with Crippen LogP contribution in [0.2, 0.25) is 0 Å². The van der Waals surface area contributed by atoms with Crippen LogP contribution in [0, 0.1) is 11.8 Å². The van der Waals surface area contributed by atoms with Gasteiger partial charge in [0.15, 0.2) is 0 Å². The Hall–Kier alpha value is -0.770. The van der Waals surface area contributed by atoms with Crippen molar-refractivity contribution in [3.8, 4) is 0 Å². The quantitative estimate of drug-likeness (QED) is 0.839. The van der Waals surface area contributed by atoms with E-state index >= 15 is 0 Å². The summed E-state index contributed by atoms with van der Waals surface area (Å²) >= 11 is 0. The number of amides is 1. The van der Waals surface area contributed by atoms with Crippen molar-refractivity contribution in [3.63, 3.8) is 0 Å². The maximum atomic E-state index is 12.1. The molecule has 0 aromatic rings. The Labute approximate surface area is 117 Å². The SMILES string of the molecule is CNC(C)(C)C1CCN(C(=O)OC(C)(C)C)CC1C. The van der Waals surface area contributed by atoms with E-state index in [2.05, 4.69) is 26.1 Å². The molecule has 1 aliphatic rings. The minimum absolute atomic E-state index is 0.111. The van der Waals surface area contributed by atoms with Crippen LogP contribution in [0.15, 0.2) is 0 Å². The van der Waals surface area contributed by atoms with Crippen LogP contribution >= 0.6 is 0 Å². The van der Waals surface area contributed by atoms with Gasteiger partial charge in [-0.15, -0.1) is 0 Å². The summed E-state index contributed by atoms with van der Waals surface area (Å²) in [5.74, 6) is 1.06. The van der Waals surface area contributed by atoms with Crippen molar-refractivity contribution in [1.82, 2.24) is 10.2 Å². The molecule has 1 aliphatic heterocycles. The molecule has 1 rings (SSSR count). The van der Waals surface area contributed by atoms with Gasteiger partial charge in [0.25, 0.3) is 0 Å². The molecule has 1 amide bonds. The first-order valence-electron chi connectivity index (χ1n) is 7.23. The van der Waals surface area contributed by atoms with Gasteiger partial charge in [-0.2, -0.15) is 0 Å².